The van der Waals surface area contributed by atoms with Crippen LogP contribution < -0.4 is 5.73 Å². The van der Waals surface area contributed by atoms with Crippen LogP contribution in [-0.2, 0) is 14.3 Å². The van der Waals surface area contributed by atoms with Gasteiger partial charge in [0.05, 0.1) is 7.11 Å². The number of carbonyl (C=O) groups excluding carboxylic acids is 2. The number of nitrogens with two attached hydrogens (primary N) is 1. The summed E-state index contributed by atoms with van der Waals surface area (Å²) < 4.78 is 4.26. The molecule has 0 aliphatic heterocycles. The molecule has 11 heavy (non-hydrogen) atoms. The first-order valence-corrected chi connectivity index (χ1v) is 3.43. The van der Waals surface area contributed by atoms with E-state index < -0.39 is 0 Å². The Morgan fingerprint density at radius 1 is 1.27 bits per heavy atom. The van der Waals surface area contributed by atoms with E-state index in [1.807, 2.05) is 0 Å². The van der Waals surface area contributed by atoms with Crippen LogP contribution in [-0.4, -0.2) is 19.0 Å². The van der Waals surface area contributed by atoms with E-state index in [-0.39, 0.29) is 11.9 Å². The van der Waals surface area contributed by atoms with Crippen LogP contribution in [0.1, 0.15) is 26.7 Å². The second-order valence-corrected chi connectivity index (χ2v) is 1.75. The highest BCUT2D eigenvalue weighted by molar-refractivity contribution is 5.73. The van der Waals surface area contributed by atoms with Crippen molar-refractivity contribution in [3.05, 3.63) is 0 Å². The molecule has 0 spiro atoms. The lowest BCUT2D eigenvalue weighted by Crippen LogP contribution is -2.06. The predicted molar refractivity (Wildman–Crippen MR) is 41.8 cm³/mol. The number of rotatable bonds is 2. The third kappa shape index (κ3) is 17.6. The lowest BCUT2D eigenvalue weighted by atomic mass is 10.5. The zero-order chi connectivity index (χ0) is 9.28. The van der Waals surface area contributed by atoms with E-state index >= 15 is 0 Å². The Morgan fingerprint density at radius 2 is 1.64 bits per heavy atom. The highest BCUT2D eigenvalue weighted by Crippen LogP contribution is 1.76. The van der Waals surface area contributed by atoms with Gasteiger partial charge in [-0.05, 0) is 0 Å². The van der Waals surface area contributed by atoms with Gasteiger partial charge < -0.3 is 10.5 Å². The van der Waals surface area contributed by atoms with Crippen LogP contribution in [0.2, 0.25) is 0 Å². The maximum absolute atomic E-state index is 9.96. The van der Waals surface area contributed by atoms with Crippen LogP contribution in [0.3, 0.4) is 0 Å². The van der Waals surface area contributed by atoms with Crippen molar-refractivity contribution < 1.29 is 14.3 Å². The van der Waals surface area contributed by atoms with E-state index in [0.717, 1.165) is 0 Å². The van der Waals surface area contributed by atoms with Crippen LogP contribution in [0.25, 0.3) is 0 Å². The number of primary amides is 1. The third-order valence-electron chi connectivity index (χ3n) is 0.865. The van der Waals surface area contributed by atoms with Gasteiger partial charge in [0.25, 0.3) is 0 Å². The Hall–Kier alpha value is -1.06. The Morgan fingerprint density at radius 3 is 1.64 bits per heavy atom. The zero-order valence-electron chi connectivity index (χ0n) is 7.22. The fourth-order valence-corrected chi connectivity index (χ4v) is 0.144. The fourth-order valence-electron chi connectivity index (χ4n) is 0.144. The summed E-state index contributed by atoms with van der Waals surface area (Å²) in [7, 11) is 1.38. The summed E-state index contributed by atoms with van der Waals surface area (Å²) in [4.78, 5) is 19.5. The molecule has 2 N–H and O–H groups in total. The quantitative estimate of drug-likeness (QED) is 0.598. The first kappa shape index (κ1) is 12.6. The van der Waals surface area contributed by atoms with Gasteiger partial charge in [0.2, 0.25) is 5.91 Å². The lowest BCUT2D eigenvalue weighted by molar-refractivity contribution is -0.140. The topological polar surface area (TPSA) is 69.4 Å². The normalized spacial score (nSPS) is 7.55. The highest BCUT2D eigenvalue weighted by Gasteiger charge is 1.87. The van der Waals surface area contributed by atoms with Crippen molar-refractivity contribution in [2.24, 2.45) is 5.73 Å². The van der Waals surface area contributed by atoms with E-state index in [4.69, 9.17) is 0 Å². The molecule has 0 bridgehead atoms. The highest BCUT2D eigenvalue weighted by atomic mass is 16.5. The monoisotopic (exact) mass is 161 g/mol. The molecule has 4 heteroatoms. The molecule has 1 amide bonds. The van der Waals surface area contributed by atoms with E-state index in [9.17, 15) is 9.59 Å². The molecule has 0 atom stereocenters. The maximum atomic E-state index is 9.96. The van der Waals surface area contributed by atoms with Crippen LogP contribution in [0.4, 0.5) is 0 Å². The van der Waals surface area contributed by atoms with E-state index in [1.54, 1.807) is 13.8 Å². The van der Waals surface area contributed by atoms with Crippen LogP contribution in [0, 0.1) is 0 Å². The summed E-state index contributed by atoms with van der Waals surface area (Å²) in [5.74, 6) is -0.403. The van der Waals surface area contributed by atoms with Gasteiger partial charge in [-0.25, -0.2) is 0 Å². The van der Waals surface area contributed by atoms with Gasteiger partial charge in [0, 0.05) is 12.8 Å². The number of esters is 1. The largest absolute Gasteiger partial charge is 0.469 e. The molecule has 0 fully saturated rings. The predicted octanol–water partition coefficient (Wildman–Crippen LogP) is 0.451. The minimum Gasteiger partial charge on any atom is -0.469 e. The third-order valence-corrected chi connectivity index (χ3v) is 0.865. The molecule has 0 heterocycles. The van der Waals surface area contributed by atoms with Crippen molar-refractivity contribution in [2.45, 2.75) is 26.7 Å². The molecule has 0 rings (SSSR count). The summed E-state index contributed by atoms with van der Waals surface area (Å²) >= 11 is 0. The smallest absolute Gasteiger partial charge is 0.305 e. The standard InChI is InChI=1S/C4H8O2.C3H7NO/c1-3-4(5)6-2;1-2-3(4)5/h3H2,1-2H3;2H2,1H3,(H2,4,5). The number of hydrogen-bond donors (Lipinski definition) is 1. The molecule has 0 saturated heterocycles. The SMILES string of the molecule is CCC(=O)OC.CCC(N)=O. The number of amides is 1. The number of hydrogen-bond acceptors (Lipinski definition) is 3. The van der Waals surface area contributed by atoms with Crippen molar-refractivity contribution >= 4 is 11.9 Å². The molecular formula is C7H15NO3. The second kappa shape index (κ2) is 8.94. The summed E-state index contributed by atoms with van der Waals surface area (Å²) in [5, 5.41) is 0. The molecular weight excluding hydrogens is 146 g/mol. The Bertz CT molecular complexity index is 117. The number of methoxy groups -OCH3 is 1. The second-order valence-electron chi connectivity index (χ2n) is 1.75. The summed E-state index contributed by atoms with van der Waals surface area (Å²) in [6, 6.07) is 0. The van der Waals surface area contributed by atoms with Crippen molar-refractivity contribution in [1.82, 2.24) is 0 Å². The molecule has 0 aromatic heterocycles. The van der Waals surface area contributed by atoms with E-state index in [0.29, 0.717) is 12.8 Å². The van der Waals surface area contributed by atoms with E-state index in [1.165, 1.54) is 7.11 Å². The molecule has 4 nitrogen and oxygen atoms in total. The van der Waals surface area contributed by atoms with Crippen LogP contribution in [0.15, 0.2) is 0 Å². The first-order chi connectivity index (χ1) is 5.08. The minimum atomic E-state index is -0.245. The average molecular weight is 161 g/mol. The molecule has 0 aromatic carbocycles. The van der Waals surface area contributed by atoms with Gasteiger partial charge in [-0.1, -0.05) is 13.8 Å². The minimum absolute atomic E-state index is 0.157. The molecule has 0 saturated carbocycles. The van der Waals surface area contributed by atoms with Crippen molar-refractivity contribution in [3.8, 4) is 0 Å². The fraction of sp³-hybridized carbons (Fsp3) is 0.714. The number of carbonyl (C=O) groups is 2. The van der Waals surface area contributed by atoms with Gasteiger partial charge in [0.15, 0.2) is 0 Å². The Kier molecular flexibility index (Phi) is 10.2. The Labute approximate surface area is 66.7 Å². The Balaban J connectivity index is 0. The first-order valence-electron chi connectivity index (χ1n) is 3.43. The zero-order valence-corrected chi connectivity index (χ0v) is 7.22. The summed E-state index contributed by atoms with van der Waals surface area (Å²) in [6.45, 7) is 3.48. The van der Waals surface area contributed by atoms with Gasteiger partial charge >= 0.3 is 5.97 Å². The molecule has 66 valence electrons. The van der Waals surface area contributed by atoms with Crippen LogP contribution >= 0.6 is 0 Å². The van der Waals surface area contributed by atoms with Gasteiger partial charge in [-0.3, -0.25) is 9.59 Å². The van der Waals surface area contributed by atoms with E-state index in [2.05, 4.69) is 10.5 Å². The molecule has 0 radical (unpaired) electrons. The van der Waals surface area contributed by atoms with Crippen molar-refractivity contribution in [3.63, 3.8) is 0 Å². The maximum Gasteiger partial charge on any atom is 0.305 e. The summed E-state index contributed by atoms with van der Waals surface area (Å²) in [6.07, 6.45) is 0.913. The van der Waals surface area contributed by atoms with Crippen molar-refractivity contribution in [1.29, 1.82) is 0 Å². The van der Waals surface area contributed by atoms with Gasteiger partial charge in [-0.2, -0.15) is 0 Å². The summed E-state index contributed by atoms with van der Waals surface area (Å²) in [5.41, 5.74) is 4.65. The number of ether oxygens (including phenoxy) is 1. The molecule has 0 unspecified atom stereocenters. The lowest BCUT2D eigenvalue weighted by Gasteiger charge is -1.87. The molecule has 0 aromatic rings. The molecule has 0 aliphatic rings. The van der Waals surface area contributed by atoms with Gasteiger partial charge in [-0.15, -0.1) is 0 Å². The molecule has 0 aliphatic carbocycles. The van der Waals surface area contributed by atoms with Crippen molar-refractivity contribution in [2.75, 3.05) is 7.11 Å². The average Bonchev–Trinajstić information content (AvgIpc) is 2.04. The van der Waals surface area contributed by atoms with Gasteiger partial charge in [0.1, 0.15) is 0 Å². The van der Waals surface area contributed by atoms with Crippen LogP contribution in [0.5, 0.6) is 0 Å².